The molecular formula is C12H22O2S. The van der Waals surface area contributed by atoms with Gasteiger partial charge in [0.05, 0.1) is 0 Å². The first-order chi connectivity index (χ1) is 7.13. The summed E-state index contributed by atoms with van der Waals surface area (Å²) in [5, 5.41) is 0. The van der Waals surface area contributed by atoms with E-state index in [1.165, 1.54) is 0 Å². The summed E-state index contributed by atoms with van der Waals surface area (Å²) in [4.78, 5) is 11.4. The van der Waals surface area contributed by atoms with Crippen LogP contribution < -0.4 is 0 Å². The number of hydrogen-bond donors (Lipinski definition) is 0. The molecule has 0 amide bonds. The fourth-order valence-electron chi connectivity index (χ4n) is 1.99. The maximum atomic E-state index is 11.7. The summed E-state index contributed by atoms with van der Waals surface area (Å²) in [6.45, 7) is 4.26. The monoisotopic (exact) mass is 230 g/mol. The van der Waals surface area contributed by atoms with Gasteiger partial charge in [-0.05, 0) is 25.2 Å². The molecule has 3 atom stereocenters. The fraction of sp³-hybridized carbons (Fsp3) is 0.917. The predicted molar refractivity (Wildman–Crippen MR) is 64.3 cm³/mol. The fourth-order valence-corrected chi connectivity index (χ4v) is 3.57. The minimum Gasteiger partial charge on any atom is -0.299 e. The van der Waals surface area contributed by atoms with Crippen LogP contribution in [0.1, 0.15) is 46.0 Å². The Labute approximate surface area is 95.3 Å². The van der Waals surface area contributed by atoms with Crippen molar-refractivity contribution < 1.29 is 9.00 Å². The van der Waals surface area contributed by atoms with Crippen LogP contribution in [0.4, 0.5) is 0 Å². The van der Waals surface area contributed by atoms with E-state index in [1.54, 1.807) is 0 Å². The minimum atomic E-state index is -0.713. The van der Waals surface area contributed by atoms with Crippen LogP contribution >= 0.6 is 0 Å². The lowest BCUT2D eigenvalue weighted by Gasteiger charge is -2.10. The average Bonchev–Trinajstić information content (AvgIpc) is 2.61. The first kappa shape index (κ1) is 12.9. The maximum Gasteiger partial charge on any atom is 0.136 e. The van der Waals surface area contributed by atoms with Crippen LogP contribution in [0.25, 0.3) is 0 Å². The van der Waals surface area contributed by atoms with Crippen LogP contribution in [0.3, 0.4) is 0 Å². The van der Waals surface area contributed by atoms with E-state index >= 15 is 0 Å². The van der Waals surface area contributed by atoms with E-state index in [-0.39, 0.29) is 5.92 Å². The van der Waals surface area contributed by atoms with Crippen LogP contribution in [0.15, 0.2) is 0 Å². The molecule has 1 rings (SSSR count). The van der Waals surface area contributed by atoms with Crippen LogP contribution in [0.5, 0.6) is 0 Å². The van der Waals surface area contributed by atoms with Crippen LogP contribution in [-0.2, 0) is 15.6 Å². The van der Waals surface area contributed by atoms with Gasteiger partial charge in [0.1, 0.15) is 5.78 Å². The van der Waals surface area contributed by atoms with Crippen molar-refractivity contribution in [3.05, 3.63) is 0 Å². The molecule has 15 heavy (non-hydrogen) atoms. The molecule has 0 radical (unpaired) electrons. The number of rotatable bonds is 6. The topological polar surface area (TPSA) is 34.1 Å². The Morgan fingerprint density at radius 3 is 2.80 bits per heavy atom. The first-order valence-electron chi connectivity index (χ1n) is 6.01. The van der Waals surface area contributed by atoms with Crippen molar-refractivity contribution in [2.45, 2.75) is 46.0 Å². The molecule has 0 saturated heterocycles. The van der Waals surface area contributed by atoms with E-state index in [2.05, 4.69) is 13.8 Å². The number of ketones is 1. The van der Waals surface area contributed by atoms with Crippen molar-refractivity contribution in [1.29, 1.82) is 0 Å². The highest BCUT2D eigenvalue weighted by Gasteiger charge is 2.24. The smallest absolute Gasteiger partial charge is 0.136 e. The molecule has 0 aliphatic heterocycles. The molecule has 0 spiro atoms. The summed E-state index contributed by atoms with van der Waals surface area (Å²) >= 11 is 0. The van der Waals surface area contributed by atoms with Gasteiger partial charge in [-0.25, -0.2) is 0 Å². The summed E-state index contributed by atoms with van der Waals surface area (Å²) in [5.74, 6) is 2.70. The van der Waals surface area contributed by atoms with Gasteiger partial charge in [0.15, 0.2) is 0 Å². The van der Waals surface area contributed by atoms with Crippen molar-refractivity contribution in [2.75, 3.05) is 11.5 Å². The van der Waals surface area contributed by atoms with E-state index in [9.17, 15) is 9.00 Å². The molecule has 0 bridgehead atoms. The third kappa shape index (κ3) is 4.45. The summed E-state index contributed by atoms with van der Waals surface area (Å²) in [7, 11) is -0.713. The van der Waals surface area contributed by atoms with Gasteiger partial charge in [-0.3, -0.25) is 9.00 Å². The highest BCUT2D eigenvalue weighted by Crippen LogP contribution is 2.24. The van der Waals surface area contributed by atoms with E-state index in [0.29, 0.717) is 11.7 Å². The van der Waals surface area contributed by atoms with Crippen LogP contribution in [0, 0.1) is 11.8 Å². The van der Waals surface area contributed by atoms with Gasteiger partial charge in [-0.15, -0.1) is 0 Å². The van der Waals surface area contributed by atoms with E-state index in [4.69, 9.17) is 0 Å². The van der Waals surface area contributed by atoms with Crippen molar-refractivity contribution in [3.8, 4) is 0 Å². The lowest BCUT2D eigenvalue weighted by atomic mass is 10.1. The Hall–Kier alpha value is -0.180. The average molecular weight is 230 g/mol. The van der Waals surface area contributed by atoms with Crippen LogP contribution in [-0.4, -0.2) is 21.5 Å². The molecule has 0 aromatic rings. The van der Waals surface area contributed by atoms with Gasteiger partial charge in [0, 0.05) is 34.6 Å². The maximum absolute atomic E-state index is 11.7. The lowest BCUT2D eigenvalue weighted by molar-refractivity contribution is -0.120. The molecular weight excluding hydrogens is 208 g/mol. The van der Waals surface area contributed by atoms with Gasteiger partial charge in [-0.2, -0.15) is 0 Å². The molecule has 0 aromatic heterocycles. The summed E-state index contributed by atoms with van der Waals surface area (Å²) < 4.78 is 11.7. The van der Waals surface area contributed by atoms with Crippen LogP contribution in [0.2, 0.25) is 0 Å². The molecule has 0 aromatic carbocycles. The standard InChI is InChI=1S/C12H22O2S/c1-3-10(2)9-15(14)8-7-11-5-4-6-12(11)13/h10-11H,3-9H2,1-2H3. The van der Waals surface area contributed by atoms with Gasteiger partial charge in [-0.1, -0.05) is 20.3 Å². The third-order valence-electron chi connectivity index (χ3n) is 3.29. The number of carbonyl (C=O) groups excluding carboxylic acids is 1. The molecule has 1 aliphatic carbocycles. The van der Waals surface area contributed by atoms with Gasteiger partial charge in [0.25, 0.3) is 0 Å². The molecule has 1 saturated carbocycles. The summed E-state index contributed by atoms with van der Waals surface area (Å²) in [6, 6.07) is 0. The highest BCUT2D eigenvalue weighted by molar-refractivity contribution is 7.84. The Kier molecular flexibility index (Phi) is 5.51. The molecule has 0 N–H and O–H groups in total. The Bertz CT molecular complexity index is 238. The second-order valence-electron chi connectivity index (χ2n) is 4.67. The molecule has 3 heteroatoms. The molecule has 0 heterocycles. The molecule has 2 nitrogen and oxygen atoms in total. The van der Waals surface area contributed by atoms with Gasteiger partial charge >= 0.3 is 0 Å². The summed E-state index contributed by atoms with van der Waals surface area (Å²) in [6.07, 6.45) is 4.76. The first-order valence-corrected chi connectivity index (χ1v) is 7.50. The van der Waals surface area contributed by atoms with E-state index in [1.807, 2.05) is 0 Å². The Balaban J connectivity index is 2.19. The molecule has 3 unspecified atom stereocenters. The van der Waals surface area contributed by atoms with E-state index < -0.39 is 10.8 Å². The second kappa shape index (κ2) is 6.41. The molecule has 88 valence electrons. The largest absolute Gasteiger partial charge is 0.299 e. The lowest BCUT2D eigenvalue weighted by Crippen LogP contribution is -2.14. The SMILES string of the molecule is CCC(C)CS(=O)CCC1CCCC1=O. The number of carbonyl (C=O) groups is 1. The molecule has 1 fully saturated rings. The zero-order chi connectivity index (χ0) is 11.3. The van der Waals surface area contributed by atoms with Gasteiger partial charge < -0.3 is 0 Å². The minimum absolute atomic E-state index is 0.228. The van der Waals surface area contributed by atoms with Crippen molar-refractivity contribution in [2.24, 2.45) is 11.8 Å². The molecule has 1 aliphatic rings. The summed E-state index contributed by atoms with van der Waals surface area (Å²) in [5.41, 5.74) is 0. The number of Topliss-reactive ketones (excluding diaryl/α,β-unsaturated/α-hetero) is 1. The van der Waals surface area contributed by atoms with Gasteiger partial charge in [0.2, 0.25) is 0 Å². The van der Waals surface area contributed by atoms with Crippen molar-refractivity contribution in [3.63, 3.8) is 0 Å². The normalized spacial score (nSPS) is 25.5. The number of hydrogen-bond acceptors (Lipinski definition) is 2. The second-order valence-corrected chi connectivity index (χ2v) is 6.29. The predicted octanol–water partition coefficient (Wildman–Crippen LogP) is 2.54. The zero-order valence-electron chi connectivity index (χ0n) is 9.83. The quantitative estimate of drug-likeness (QED) is 0.702. The van der Waals surface area contributed by atoms with E-state index in [0.717, 1.165) is 43.6 Å². The Morgan fingerprint density at radius 2 is 2.27 bits per heavy atom. The van der Waals surface area contributed by atoms with Crippen molar-refractivity contribution in [1.82, 2.24) is 0 Å². The highest BCUT2D eigenvalue weighted by atomic mass is 32.2. The Morgan fingerprint density at radius 1 is 1.53 bits per heavy atom. The van der Waals surface area contributed by atoms with Crippen molar-refractivity contribution >= 4 is 16.6 Å². The third-order valence-corrected chi connectivity index (χ3v) is 4.92. The zero-order valence-corrected chi connectivity index (χ0v) is 10.6.